The third-order valence-corrected chi connectivity index (χ3v) is 4.70. The van der Waals surface area contributed by atoms with E-state index in [0.717, 1.165) is 22.6 Å². The predicted octanol–water partition coefficient (Wildman–Crippen LogP) is 3.18. The Kier molecular flexibility index (Phi) is 5.75. The number of Topliss-reactive ketones (excluding diaryl/α,β-unsaturated/α-hetero) is 1. The fourth-order valence-electron chi connectivity index (χ4n) is 2.82. The van der Waals surface area contributed by atoms with Gasteiger partial charge in [0.25, 0.3) is 0 Å². The molecule has 1 N–H and O–H groups in total. The van der Waals surface area contributed by atoms with Crippen molar-refractivity contribution in [2.75, 3.05) is 17.6 Å². The number of fused-ring (bicyclic) bond motifs is 1. The minimum atomic E-state index is -3.38. The number of carbonyl (C=O) groups is 2. The summed E-state index contributed by atoms with van der Waals surface area (Å²) in [6.45, 7) is -0.373. The molecule has 0 saturated heterocycles. The molecule has 0 radical (unpaired) electrons. The van der Waals surface area contributed by atoms with E-state index in [2.05, 4.69) is 4.72 Å². The molecule has 0 atom stereocenters. The van der Waals surface area contributed by atoms with Crippen molar-refractivity contribution in [2.45, 2.75) is 6.42 Å². The van der Waals surface area contributed by atoms with Gasteiger partial charge in [-0.15, -0.1) is 0 Å². The van der Waals surface area contributed by atoms with Gasteiger partial charge in [-0.05, 0) is 40.6 Å². The molecule has 0 bridgehead atoms. The molecule has 0 aliphatic heterocycles. The molecule has 3 rings (SSSR count). The fourth-order valence-corrected chi connectivity index (χ4v) is 3.39. The molecule has 6 nitrogen and oxygen atoms in total. The van der Waals surface area contributed by atoms with Crippen LogP contribution in [0.2, 0.25) is 0 Å². The first-order chi connectivity index (χ1) is 13.3. The molecule has 0 aliphatic rings. The molecule has 7 heteroatoms. The highest BCUT2D eigenvalue weighted by atomic mass is 32.2. The Morgan fingerprint density at radius 3 is 2.32 bits per heavy atom. The van der Waals surface area contributed by atoms with Crippen molar-refractivity contribution in [3.05, 3.63) is 77.9 Å². The first kappa shape index (κ1) is 19.6. The number of esters is 1. The lowest BCUT2D eigenvalue weighted by atomic mass is 10.0. The van der Waals surface area contributed by atoms with Gasteiger partial charge in [0, 0.05) is 11.3 Å². The van der Waals surface area contributed by atoms with E-state index < -0.39 is 16.0 Å². The number of nitrogens with one attached hydrogen (secondary N) is 1. The maximum absolute atomic E-state index is 12.2. The topological polar surface area (TPSA) is 89.5 Å². The van der Waals surface area contributed by atoms with Gasteiger partial charge >= 0.3 is 5.97 Å². The Morgan fingerprint density at radius 1 is 0.929 bits per heavy atom. The van der Waals surface area contributed by atoms with Crippen LogP contribution < -0.4 is 4.72 Å². The second-order valence-corrected chi connectivity index (χ2v) is 8.10. The molecule has 0 fully saturated rings. The summed E-state index contributed by atoms with van der Waals surface area (Å²) >= 11 is 0. The van der Waals surface area contributed by atoms with Gasteiger partial charge in [-0.25, -0.2) is 8.42 Å². The monoisotopic (exact) mass is 397 g/mol. The Balaban J connectivity index is 1.59. The molecular weight excluding hydrogens is 378 g/mol. The van der Waals surface area contributed by atoms with Crippen LogP contribution in [-0.4, -0.2) is 33.0 Å². The van der Waals surface area contributed by atoms with E-state index >= 15 is 0 Å². The van der Waals surface area contributed by atoms with E-state index in [1.807, 2.05) is 42.5 Å². The van der Waals surface area contributed by atoms with Crippen LogP contribution in [0.15, 0.2) is 66.7 Å². The van der Waals surface area contributed by atoms with Crippen LogP contribution in [-0.2, 0) is 26.0 Å². The van der Waals surface area contributed by atoms with Gasteiger partial charge in [0.05, 0.1) is 12.7 Å². The Bertz CT molecular complexity index is 1120. The van der Waals surface area contributed by atoms with Crippen molar-refractivity contribution in [3.63, 3.8) is 0 Å². The SMILES string of the molecule is CS(=O)(=O)Nc1ccc(C(=O)COC(=O)Cc2cccc3ccccc23)cc1. The number of ether oxygens (including phenoxy) is 1. The summed E-state index contributed by atoms with van der Waals surface area (Å²) in [6.07, 6.45) is 1.12. The third-order valence-electron chi connectivity index (χ3n) is 4.09. The molecule has 0 unspecified atom stereocenters. The minimum Gasteiger partial charge on any atom is -0.457 e. The van der Waals surface area contributed by atoms with E-state index in [1.165, 1.54) is 24.3 Å². The van der Waals surface area contributed by atoms with Crippen LogP contribution >= 0.6 is 0 Å². The maximum atomic E-state index is 12.2. The number of carbonyl (C=O) groups excluding carboxylic acids is 2. The van der Waals surface area contributed by atoms with Crippen molar-refractivity contribution >= 4 is 38.2 Å². The number of anilines is 1. The van der Waals surface area contributed by atoms with Crippen LogP contribution in [0.1, 0.15) is 15.9 Å². The van der Waals surface area contributed by atoms with Crippen LogP contribution in [0.4, 0.5) is 5.69 Å². The highest BCUT2D eigenvalue weighted by Gasteiger charge is 2.12. The summed E-state index contributed by atoms with van der Waals surface area (Å²) in [5.74, 6) is -0.850. The molecule has 0 aliphatic carbocycles. The lowest BCUT2D eigenvalue weighted by Gasteiger charge is -2.08. The average Bonchev–Trinajstić information content (AvgIpc) is 2.66. The van der Waals surface area contributed by atoms with Crippen molar-refractivity contribution in [3.8, 4) is 0 Å². The number of hydrogen-bond donors (Lipinski definition) is 1. The number of benzene rings is 3. The summed E-state index contributed by atoms with van der Waals surface area (Å²) in [6, 6.07) is 19.4. The molecule has 144 valence electrons. The summed E-state index contributed by atoms with van der Waals surface area (Å²) in [7, 11) is -3.38. The summed E-state index contributed by atoms with van der Waals surface area (Å²) in [5.41, 5.74) is 1.52. The first-order valence-electron chi connectivity index (χ1n) is 8.55. The molecule has 0 amide bonds. The Hall–Kier alpha value is -3.19. The van der Waals surface area contributed by atoms with Crippen molar-refractivity contribution < 1.29 is 22.7 Å². The summed E-state index contributed by atoms with van der Waals surface area (Å²) in [5, 5.41) is 2.01. The quantitative estimate of drug-likeness (QED) is 0.489. The third kappa shape index (κ3) is 5.17. The summed E-state index contributed by atoms with van der Waals surface area (Å²) in [4.78, 5) is 24.3. The van der Waals surface area contributed by atoms with Crippen molar-refractivity contribution in [2.24, 2.45) is 0 Å². The van der Waals surface area contributed by atoms with Gasteiger partial charge < -0.3 is 4.74 Å². The zero-order chi connectivity index (χ0) is 20.1. The maximum Gasteiger partial charge on any atom is 0.310 e. The second-order valence-electron chi connectivity index (χ2n) is 6.35. The van der Waals surface area contributed by atoms with Crippen molar-refractivity contribution in [1.82, 2.24) is 0 Å². The standard InChI is InChI=1S/C21H19NO5S/c1-28(25,26)22-18-11-9-16(10-12-18)20(23)14-27-21(24)13-17-7-4-6-15-5-2-3-8-19(15)17/h2-12,22H,13-14H2,1H3. The molecule has 3 aromatic rings. The molecule has 0 aromatic heterocycles. The smallest absolute Gasteiger partial charge is 0.310 e. The van der Waals surface area contributed by atoms with Crippen LogP contribution in [0.3, 0.4) is 0 Å². The number of hydrogen-bond acceptors (Lipinski definition) is 5. The van der Waals surface area contributed by atoms with E-state index in [1.54, 1.807) is 0 Å². The molecule has 0 heterocycles. The lowest BCUT2D eigenvalue weighted by molar-refractivity contribution is -0.141. The largest absolute Gasteiger partial charge is 0.457 e. The van der Waals surface area contributed by atoms with E-state index in [0.29, 0.717) is 11.3 Å². The van der Waals surface area contributed by atoms with Crippen molar-refractivity contribution in [1.29, 1.82) is 0 Å². The molecular formula is C21H19NO5S. The zero-order valence-electron chi connectivity index (χ0n) is 15.2. The van der Waals surface area contributed by atoms with E-state index in [-0.39, 0.29) is 18.8 Å². The molecule has 0 spiro atoms. The molecule has 0 saturated carbocycles. The predicted molar refractivity (Wildman–Crippen MR) is 108 cm³/mol. The summed E-state index contributed by atoms with van der Waals surface area (Å²) < 4.78 is 29.8. The van der Waals surface area contributed by atoms with Gasteiger partial charge in [0.1, 0.15) is 0 Å². The fraction of sp³-hybridized carbons (Fsp3) is 0.143. The number of ketones is 1. The number of sulfonamides is 1. The normalized spacial score (nSPS) is 11.2. The van der Waals surface area contributed by atoms with Crippen LogP contribution in [0, 0.1) is 0 Å². The molecule has 28 heavy (non-hydrogen) atoms. The second kappa shape index (κ2) is 8.22. The van der Waals surface area contributed by atoms with E-state index in [4.69, 9.17) is 4.74 Å². The lowest BCUT2D eigenvalue weighted by Crippen LogP contribution is -2.16. The van der Waals surface area contributed by atoms with Gasteiger partial charge in [-0.2, -0.15) is 0 Å². The highest BCUT2D eigenvalue weighted by molar-refractivity contribution is 7.92. The van der Waals surface area contributed by atoms with Crippen LogP contribution in [0.25, 0.3) is 10.8 Å². The van der Waals surface area contributed by atoms with Crippen LogP contribution in [0.5, 0.6) is 0 Å². The first-order valence-corrected chi connectivity index (χ1v) is 10.4. The zero-order valence-corrected chi connectivity index (χ0v) is 16.0. The van der Waals surface area contributed by atoms with E-state index in [9.17, 15) is 18.0 Å². The van der Waals surface area contributed by atoms with Gasteiger partial charge in [0.2, 0.25) is 10.0 Å². The van der Waals surface area contributed by atoms with Gasteiger partial charge in [-0.1, -0.05) is 42.5 Å². The average molecular weight is 397 g/mol. The Labute approximate surface area is 163 Å². The minimum absolute atomic E-state index is 0.0752. The van der Waals surface area contributed by atoms with Gasteiger partial charge in [0.15, 0.2) is 12.4 Å². The number of rotatable bonds is 7. The molecule has 3 aromatic carbocycles. The highest BCUT2D eigenvalue weighted by Crippen LogP contribution is 2.19. The van der Waals surface area contributed by atoms with Gasteiger partial charge in [-0.3, -0.25) is 14.3 Å². The Morgan fingerprint density at radius 2 is 1.61 bits per heavy atom.